The summed E-state index contributed by atoms with van der Waals surface area (Å²) in [6, 6.07) is 17.3. The predicted molar refractivity (Wildman–Crippen MR) is 134 cm³/mol. The van der Waals surface area contributed by atoms with Crippen molar-refractivity contribution in [1.29, 1.82) is 0 Å². The van der Waals surface area contributed by atoms with Crippen LogP contribution in [0.1, 0.15) is 15.9 Å². The molecule has 4 aromatic rings. The monoisotopic (exact) mass is 512 g/mol. The van der Waals surface area contributed by atoms with Crippen LogP contribution in [0.5, 0.6) is 0 Å². The Bertz CT molecular complexity index is 1450. The van der Waals surface area contributed by atoms with E-state index in [1.54, 1.807) is 52.6 Å². The number of nitrogens with zero attached hydrogens (tertiary/aromatic N) is 4. The smallest absolute Gasteiger partial charge is 0.254 e. The molecule has 0 aliphatic carbocycles. The van der Waals surface area contributed by atoms with Crippen LogP contribution in [-0.4, -0.2) is 55.4 Å². The number of thiazole rings is 1. The van der Waals surface area contributed by atoms with Crippen LogP contribution in [0, 0.1) is 0 Å². The predicted octanol–water partition coefficient (Wildman–Crippen LogP) is 4.28. The van der Waals surface area contributed by atoms with E-state index in [2.05, 4.69) is 9.88 Å². The molecule has 0 radical (unpaired) electrons. The number of sulfone groups is 1. The van der Waals surface area contributed by atoms with Gasteiger partial charge in [-0.25, -0.2) is 18.4 Å². The van der Waals surface area contributed by atoms with Crippen LogP contribution in [0.3, 0.4) is 0 Å². The summed E-state index contributed by atoms with van der Waals surface area (Å²) in [4.78, 5) is 25.9. The number of carbonyl (C=O) groups excluding carboxylic acids is 1. The number of anilines is 1. The Morgan fingerprint density at radius 1 is 0.971 bits per heavy atom. The lowest BCUT2D eigenvalue weighted by Crippen LogP contribution is -2.49. The third-order valence-electron chi connectivity index (χ3n) is 5.74. The number of hydrogen-bond acceptors (Lipinski definition) is 7. The minimum absolute atomic E-state index is 0.00167. The molecular weight excluding hydrogens is 492 g/mol. The fraction of sp³-hybridized carbons (Fsp3) is 0.208. The molecule has 174 valence electrons. The number of amides is 1. The highest BCUT2D eigenvalue weighted by atomic mass is 35.5. The maximum absolute atomic E-state index is 13.3. The molecule has 7 nitrogen and oxygen atoms in total. The molecule has 2 aromatic carbocycles. The van der Waals surface area contributed by atoms with Gasteiger partial charge in [0.05, 0.1) is 21.0 Å². The zero-order valence-corrected chi connectivity index (χ0v) is 20.5. The number of aromatic nitrogens is 2. The van der Waals surface area contributed by atoms with Gasteiger partial charge in [-0.3, -0.25) is 4.79 Å². The average Bonchev–Trinajstić information content (AvgIpc) is 3.30. The van der Waals surface area contributed by atoms with Gasteiger partial charge in [-0.2, -0.15) is 0 Å². The van der Waals surface area contributed by atoms with Crippen molar-refractivity contribution >= 4 is 54.0 Å². The van der Waals surface area contributed by atoms with E-state index in [9.17, 15) is 13.2 Å². The topological polar surface area (TPSA) is 83.5 Å². The molecule has 0 atom stereocenters. The van der Waals surface area contributed by atoms with Crippen molar-refractivity contribution in [3.63, 3.8) is 0 Å². The summed E-state index contributed by atoms with van der Waals surface area (Å²) in [5.74, 6) is -0.447. The Morgan fingerprint density at radius 3 is 2.47 bits per heavy atom. The molecule has 0 spiro atoms. The molecule has 10 heteroatoms. The third kappa shape index (κ3) is 4.51. The first kappa shape index (κ1) is 22.8. The number of hydrogen-bond donors (Lipinski definition) is 0. The van der Waals surface area contributed by atoms with E-state index in [1.807, 2.05) is 18.2 Å². The summed E-state index contributed by atoms with van der Waals surface area (Å²) in [5, 5.41) is 1.58. The molecule has 1 fully saturated rings. The lowest BCUT2D eigenvalue weighted by Gasteiger charge is -2.34. The van der Waals surface area contributed by atoms with Crippen LogP contribution in [0.4, 0.5) is 5.13 Å². The van der Waals surface area contributed by atoms with Gasteiger partial charge >= 0.3 is 0 Å². The summed E-state index contributed by atoms with van der Waals surface area (Å²) in [6.45, 7) is 2.31. The number of carbonyl (C=O) groups is 1. The molecule has 3 heterocycles. The number of fused-ring (bicyclic) bond motifs is 1. The fourth-order valence-corrected chi connectivity index (χ4v) is 6.60. The maximum Gasteiger partial charge on any atom is 0.254 e. The molecule has 0 unspecified atom stereocenters. The highest BCUT2D eigenvalue weighted by molar-refractivity contribution is 7.90. The van der Waals surface area contributed by atoms with Crippen LogP contribution in [-0.2, 0) is 15.6 Å². The van der Waals surface area contributed by atoms with Gasteiger partial charge in [0, 0.05) is 37.9 Å². The lowest BCUT2D eigenvalue weighted by atomic mass is 10.1. The first-order valence-electron chi connectivity index (χ1n) is 10.7. The van der Waals surface area contributed by atoms with E-state index in [0.717, 1.165) is 15.3 Å². The number of benzene rings is 2. The van der Waals surface area contributed by atoms with Crippen molar-refractivity contribution < 1.29 is 13.2 Å². The van der Waals surface area contributed by atoms with Gasteiger partial charge in [-0.05, 0) is 35.9 Å². The Hall–Kier alpha value is -3.01. The Kier molecular flexibility index (Phi) is 6.24. The molecule has 0 bridgehead atoms. The van der Waals surface area contributed by atoms with Crippen LogP contribution in [0.2, 0.25) is 5.02 Å². The van der Waals surface area contributed by atoms with Crippen molar-refractivity contribution in [3.05, 3.63) is 83.0 Å². The molecule has 1 aliphatic rings. The van der Waals surface area contributed by atoms with E-state index < -0.39 is 9.84 Å². The Morgan fingerprint density at radius 2 is 1.74 bits per heavy atom. The highest BCUT2D eigenvalue weighted by Gasteiger charge is 2.27. The first-order valence-corrected chi connectivity index (χ1v) is 13.6. The Labute approximate surface area is 206 Å². The van der Waals surface area contributed by atoms with Gasteiger partial charge in [0.25, 0.3) is 5.91 Å². The second-order valence-corrected chi connectivity index (χ2v) is 11.3. The first-order chi connectivity index (χ1) is 16.4. The number of pyridine rings is 1. The average molecular weight is 513 g/mol. The fourth-order valence-electron chi connectivity index (χ4n) is 3.97. The van der Waals surface area contributed by atoms with E-state index >= 15 is 0 Å². The standard InChI is InChI=1S/C24H21ClN4O3S2/c25-19-8-5-9-20-22(19)33-24(27-20)29-14-12-28(13-15-29)23(30)18-7-2-1-6-17(18)16-34(31,32)21-10-3-4-11-26-21/h1-11H,12-16H2. The highest BCUT2D eigenvalue weighted by Crippen LogP contribution is 2.34. The molecule has 1 amide bonds. The lowest BCUT2D eigenvalue weighted by molar-refractivity contribution is 0.0746. The summed E-state index contributed by atoms with van der Waals surface area (Å²) >= 11 is 7.84. The zero-order valence-electron chi connectivity index (χ0n) is 18.1. The van der Waals surface area contributed by atoms with Gasteiger partial charge in [0.1, 0.15) is 0 Å². The molecule has 0 saturated carbocycles. The quantitative estimate of drug-likeness (QED) is 0.397. The number of rotatable bonds is 5. The minimum atomic E-state index is -3.67. The third-order valence-corrected chi connectivity index (χ3v) is 8.90. The van der Waals surface area contributed by atoms with Crippen molar-refractivity contribution in [2.24, 2.45) is 0 Å². The zero-order chi connectivity index (χ0) is 23.7. The summed E-state index contributed by atoms with van der Waals surface area (Å²) in [7, 11) is -3.67. The largest absolute Gasteiger partial charge is 0.345 e. The second kappa shape index (κ2) is 9.32. The van der Waals surface area contributed by atoms with Crippen molar-refractivity contribution in [1.82, 2.24) is 14.9 Å². The summed E-state index contributed by atoms with van der Waals surface area (Å²) in [5.41, 5.74) is 1.75. The van der Waals surface area contributed by atoms with E-state index in [4.69, 9.17) is 16.6 Å². The van der Waals surface area contributed by atoms with E-state index in [0.29, 0.717) is 42.3 Å². The van der Waals surface area contributed by atoms with Gasteiger partial charge in [-0.1, -0.05) is 53.3 Å². The molecule has 1 aliphatic heterocycles. The van der Waals surface area contributed by atoms with Crippen LogP contribution < -0.4 is 4.90 Å². The van der Waals surface area contributed by atoms with E-state index in [1.165, 1.54) is 12.3 Å². The van der Waals surface area contributed by atoms with Gasteiger partial charge in [0.15, 0.2) is 20.0 Å². The Balaban J connectivity index is 1.31. The van der Waals surface area contributed by atoms with Crippen molar-refractivity contribution in [3.8, 4) is 0 Å². The normalized spacial score (nSPS) is 14.5. The molecule has 34 heavy (non-hydrogen) atoms. The van der Waals surface area contributed by atoms with Gasteiger partial charge in [-0.15, -0.1) is 0 Å². The molecule has 5 rings (SSSR count). The molecule has 1 saturated heterocycles. The van der Waals surface area contributed by atoms with E-state index in [-0.39, 0.29) is 16.7 Å². The molecule has 2 aromatic heterocycles. The maximum atomic E-state index is 13.3. The number of halogens is 1. The SMILES string of the molecule is O=C(c1ccccc1CS(=O)(=O)c1ccccn1)N1CCN(c2nc3cccc(Cl)c3s2)CC1. The van der Waals surface area contributed by atoms with Crippen LogP contribution in [0.25, 0.3) is 10.2 Å². The summed E-state index contributed by atoms with van der Waals surface area (Å²) < 4.78 is 26.6. The summed E-state index contributed by atoms with van der Waals surface area (Å²) in [6.07, 6.45) is 1.45. The minimum Gasteiger partial charge on any atom is -0.345 e. The van der Waals surface area contributed by atoms with Crippen LogP contribution >= 0.6 is 22.9 Å². The molecular formula is C24H21ClN4O3S2. The second-order valence-electron chi connectivity index (χ2n) is 7.95. The number of piperazine rings is 1. The van der Waals surface area contributed by atoms with Gasteiger partial charge < -0.3 is 9.80 Å². The molecule has 0 N–H and O–H groups in total. The van der Waals surface area contributed by atoms with Crippen molar-refractivity contribution in [2.45, 2.75) is 10.8 Å². The van der Waals surface area contributed by atoms with Gasteiger partial charge in [0.2, 0.25) is 0 Å². The van der Waals surface area contributed by atoms with Crippen LogP contribution in [0.15, 0.2) is 71.9 Å². The van der Waals surface area contributed by atoms with Crippen molar-refractivity contribution in [2.75, 3.05) is 31.1 Å².